The maximum atomic E-state index is 11.7. The van der Waals surface area contributed by atoms with Gasteiger partial charge in [-0.3, -0.25) is 10.2 Å². The number of carbonyl (C=O) groups excluding carboxylic acids is 1. The van der Waals surface area contributed by atoms with E-state index < -0.39 is 12.5 Å². The highest BCUT2D eigenvalue weighted by molar-refractivity contribution is 5.75. The standard InChI is InChI=1S/C16H34N2O3/c1-4-5-6-7-8-9-10-11-12-13-16(21)17-18(14(2)19)15(3)20/h14-15,19-20H,4-13H2,1-3H3,(H,17,21). The van der Waals surface area contributed by atoms with E-state index >= 15 is 0 Å². The van der Waals surface area contributed by atoms with Gasteiger partial charge in [-0.2, -0.15) is 5.01 Å². The molecule has 0 rings (SSSR count). The van der Waals surface area contributed by atoms with Gasteiger partial charge in [0.05, 0.1) is 0 Å². The summed E-state index contributed by atoms with van der Waals surface area (Å²) in [5.74, 6) is -0.153. The van der Waals surface area contributed by atoms with Crippen molar-refractivity contribution in [2.75, 3.05) is 0 Å². The van der Waals surface area contributed by atoms with Gasteiger partial charge in [0.15, 0.2) is 0 Å². The van der Waals surface area contributed by atoms with Crippen LogP contribution in [0.3, 0.4) is 0 Å². The number of nitrogens with one attached hydrogen (secondary N) is 1. The minimum Gasteiger partial charge on any atom is -0.377 e. The van der Waals surface area contributed by atoms with Gasteiger partial charge in [0.2, 0.25) is 5.91 Å². The lowest BCUT2D eigenvalue weighted by molar-refractivity contribution is -0.149. The Labute approximate surface area is 129 Å². The lowest BCUT2D eigenvalue weighted by atomic mass is 10.1. The number of hydrazine groups is 1. The van der Waals surface area contributed by atoms with Gasteiger partial charge in [-0.15, -0.1) is 0 Å². The predicted molar refractivity (Wildman–Crippen MR) is 85.2 cm³/mol. The Kier molecular flexibility index (Phi) is 12.6. The number of nitrogens with zero attached hydrogens (tertiary/aromatic N) is 1. The molecule has 0 aromatic rings. The third-order valence-electron chi connectivity index (χ3n) is 3.57. The van der Waals surface area contributed by atoms with Gasteiger partial charge in [0.25, 0.3) is 0 Å². The Hall–Kier alpha value is -0.650. The Bertz CT molecular complexity index is 250. The number of hydrogen-bond donors (Lipinski definition) is 3. The Morgan fingerprint density at radius 2 is 1.33 bits per heavy atom. The van der Waals surface area contributed by atoms with E-state index in [1.54, 1.807) is 0 Å². The zero-order chi connectivity index (χ0) is 16.1. The molecular weight excluding hydrogens is 268 g/mol. The smallest absolute Gasteiger partial charge is 0.234 e. The van der Waals surface area contributed by atoms with Crippen LogP contribution in [0.4, 0.5) is 0 Å². The summed E-state index contributed by atoms with van der Waals surface area (Å²) in [5, 5.41) is 20.0. The summed E-state index contributed by atoms with van der Waals surface area (Å²) in [7, 11) is 0. The monoisotopic (exact) mass is 302 g/mol. The highest BCUT2D eigenvalue weighted by Gasteiger charge is 2.18. The Morgan fingerprint density at radius 3 is 1.76 bits per heavy atom. The van der Waals surface area contributed by atoms with Crippen LogP contribution in [0.25, 0.3) is 0 Å². The van der Waals surface area contributed by atoms with Crippen molar-refractivity contribution in [3.63, 3.8) is 0 Å². The van der Waals surface area contributed by atoms with Crippen molar-refractivity contribution in [3.8, 4) is 0 Å². The van der Waals surface area contributed by atoms with Crippen LogP contribution >= 0.6 is 0 Å². The summed E-state index contributed by atoms with van der Waals surface area (Å²) in [4.78, 5) is 11.7. The minimum absolute atomic E-state index is 0.153. The number of unbranched alkanes of at least 4 members (excludes halogenated alkanes) is 8. The second-order valence-electron chi connectivity index (χ2n) is 5.78. The zero-order valence-electron chi connectivity index (χ0n) is 14.0. The van der Waals surface area contributed by atoms with Crippen LogP contribution in [0, 0.1) is 0 Å². The first-order valence-corrected chi connectivity index (χ1v) is 8.43. The van der Waals surface area contributed by atoms with Gasteiger partial charge >= 0.3 is 0 Å². The van der Waals surface area contributed by atoms with Gasteiger partial charge in [-0.05, 0) is 20.3 Å². The maximum Gasteiger partial charge on any atom is 0.234 e. The fourth-order valence-electron chi connectivity index (χ4n) is 2.30. The van der Waals surface area contributed by atoms with Crippen molar-refractivity contribution in [3.05, 3.63) is 0 Å². The van der Waals surface area contributed by atoms with Crippen molar-refractivity contribution in [2.24, 2.45) is 0 Å². The fraction of sp³-hybridized carbons (Fsp3) is 0.938. The zero-order valence-corrected chi connectivity index (χ0v) is 14.0. The van der Waals surface area contributed by atoms with E-state index in [0.29, 0.717) is 6.42 Å². The molecule has 2 unspecified atom stereocenters. The molecule has 0 aliphatic heterocycles. The number of aliphatic hydroxyl groups excluding tert-OH is 2. The third-order valence-corrected chi connectivity index (χ3v) is 3.57. The molecule has 126 valence electrons. The summed E-state index contributed by atoms with van der Waals surface area (Å²) in [5.41, 5.74) is 2.54. The Morgan fingerprint density at radius 1 is 0.905 bits per heavy atom. The molecule has 2 atom stereocenters. The van der Waals surface area contributed by atoms with Crippen LogP contribution in [-0.2, 0) is 4.79 Å². The molecule has 0 aromatic heterocycles. The van der Waals surface area contributed by atoms with Gasteiger partial charge in [0, 0.05) is 6.42 Å². The van der Waals surface area contributed by atoms with Crippen LogP contribution in [0.5, 0.6) is 0 Å². The van der Waals surface area contributed by atoms with Crippen LogP contribution in [0.2, 0.25) is 0 Å². The normalized spacial score (nSPS) is 14.2. The molecule has 21 heavy (non-hydrogen) atoms. The van der Waals surface area contributed by atoms with Crippen LogP contribution in [-0.4, -0.2) is 33.6 Å². The lowest BCUT2D eigenvalue weighted by Crippen LogP contribution is -2.52. The first-order valence-electron chi connectivity index (χ1n) is 8.43. The summed E-state index contributed by atoms with van der Waals surface area (Å²) in [6.07, 6.45) is 9.55. The van der Waals surface area contributed by atoms with Gasteiger partial charge < -0.3 is 10.2 Å². The molecule has 0 aromatic carbocycles. The highest BCUT2D eigenvalue weighted by Crippen LogP contribution is 2.10. The van der Waals surface area contributed by atoms with Crippen LogP contribution in [0.1, 0.15) is 85.0 Å². The van der Waals surface area contributed by atoms with E-state index in [1.165, 1.54) is 58.8 Å². The van der Waals surface area contributed by atoms with E-state index in [9.17, 15) is 15.0 Å². The number of aliphatic hydroxyl groups is 2. The second-order valence-corrected chi connectivity index (χ2v) is 5.78. The molecule has 0 aliphatic rings. The predicted octanol–water partition coefficient (Wildman–Crippen LogP) is 2.92. The third kappa shape index (κ3) is 11.7. The van der Waals surface area contributed by atoms with E-state index in [2.05, 4.69) is 12.3 Å². The average Bonchev–Trinajstić information content (AvgIpc) is 2.42. The number of hydrogen-bond acceptors (Lipinski definition) is 4. The van der Waals surface area contributed by atoms with Crippen molar-refractivity contribution >= 4 is 5.91 Å². The SMILES string of the molecule is CCCCCCCCCCCC(=O)NN(C(C)O)C(C)O. The summed E-state index contributed by atoms with van der Waals surface area (Å²) < 4.78 is 0. The van der Waals surface area contributed by atoms with Crippen LogP contribution in [0.15, 0.2) is 0 Å². The second kappa shape index (κ2) is 13.0. The van der Waals surface area contributed by atoms with Gasteiger partial charge in [-0.1, -0.05) is 58.3 Å². The van der Waals surface area contributed by atoms with Crippen molar-refractivity contribution in [2.45, 2.75) is 97.4 Å². The molecular formula is C16H34N2O3. The molecule has 0 fully saturated rings. The largest absolute Gasteiger partial charge is 0.377 e. The molecule has 3 N–H and O–H groups in total. The van der Waals surface area contributed by atoms with E-state index in [4.69, 9.17) is 0 Å². The summed E-state index contributed by atoms with van der Waals surface area (Å²) in [6, 6.07) is 0. The number of carbonyl (C=O) groups is 1. The molecule has 0 saturated carbocycles. The number of amides is 1. The Balaban J connectivity index is 3.53. The quantitative estimate of drug-likeness (QED) is 0.278. The first kappa shape index (κ1) is 20.3. The highest BCUT2D eigenvalue weighted by atomic mass is 16.3. The molecule has 0 spiro atoms. The molecule has 0 heterocycles. The lowest BCUT2D eigenvalue weighted by Gasteiger charge is -2.28. The molecule has 1 amide bonds. The summed E-state index contributed by atoms with van der Waals surface area (Å²) >= 11 is 0. The molecule has 0 bridgehead atoms. The molecule has 0 radical (unpaired) electrons. The van der Waals surface area contributed by atoms with Gasteiger partial charge in [-0.25, -0.2) is 0 Å². The molecule has 0 saturated heterocycles. The van der Waals surface area contributed by atoms with Crippen molar-refractivity contribution in [1.29, 1.82) is 0 Å². The number of rotatable bonds is 13. The topological polar surface area (TPSA) is 72.8 Å². The minimum atomic E-state index is -0.905. The van der Waals surface area contributed by atoms with Crippen LogP contribution < -0.4 is 5.43 Å². The molecule has 0 aliphatic carbocycles. The maximum absolute atomic E-state index is 11.7. The average molecular weight is 302 g/mol. The van der Waals surface area contributed by atoms with E-state index in [0.717, 1.165) is 17.9 Å². The summed E-state index contributed by atoms with van der Waals surface area (Å²) in [6.45, 7) is 5.23. The van der Waals surface area contributed by atoms with Crippen molar-refractivity contribution in [1.82, 2.24) is 10.4 Å². The fourth-order valence-corrected chi connectivity index (χ4v) is 2.30. The van der Waals surface area contributed by atoms with E-state index in [-0.39, 0.29) is 5.91 Å². The van der Waals surface area contributed by atoms with E-state index in [1.807, 2.05) is 0 Å². The van der Waals surface area contributed by atoms with Crippen molar-refractivity contribution < 1.29 is 15.0 Å². The van der Waals surface area contributed by atoms with Gasteiger partial charge in [0.1, 0.15) is 12.5 Å². The molecule has 5 heteroatoms. The first-order chi connectivity index (χ1) is 9.99. The molecule has 5 nitrogen and oxygen atoms in total.